The van der Waals surface area contributed by atoms with Crippen LogP contribution in [0.5, 0.6) is 0 Å². The van der Waals surface area contributed by atoms with Crippen LogP contribution in [0.4, 0.5) is 34.1 Å². The standard InChI is InChI=1S/C107H83N3/c1-106(2,3)82-58-78(59-83(67-82)107(4,5)6)75-53-55-89-97(64-75)109(104-91(71-37-17-9-18-38-71)60-79(69-33-13-7-14-34-69)61-92(104)72-39-19-10-20-40-72)99-65-81(101-85-47-27-25-45-76(85)57-77-46-26-28-48-86(77)101)66-100-103(99)102(89)90-56-54-84(108-95-51-31-29-49-87(95)88-50-30-32-52-96(88)108)68-98(90)110(100)105-93(73-41-21-11-22-42-73)62-80(70-35-15-8-16-36-70)63-94(105)74-43-23-12-24-44-74/h7-56,58-68,101-102H,57H2,1-6H3/i29D,30D,31D,32D,49D,50D,51D,52D. The van der Waals surface area contributed by atoms with Crippen molar-refractivity contribution in [2.45, 2.75) is 70.6 Å². The van der Waals surface area contributed by atoms with Crippen LogP contribution in [0, 0.1) is 0 Å². The van der Waals surface area contributed by atoms with Gasteiger partial charge < -0.3 is 14.4 Å². The van der Waals surface area contributed by atoms with E-state index in [0.717, 1.165) is 141 Å². The average molecular weight is 1420 g/mol. The molecular formula is C107H83N3. The number of anilines is 6. The summed E-state index contributed by atoms with van der Waals surface area (Å²) in [6.45, 7) is 13.8. The molecule has 3 heterocycles. The van der Waals surface area contributed by atoms with Gasteiger partial charge in [0.2, 0.25) is 0 Å². The number of nitrogens with zero attached hydrogens (tertiary/aromatic N) is 3. The highest BCUT2D eigenvalue weighted by molar-refractivity contribution is 6.11. The van der Waals surface area contributed by atoms with Crippen LogP contribution in [-0.4, -0.2) is 4.57 Å². The Balaban J connectivity index is 1.01. The number of para-hydroxylation sites is 2. The minimum Gasteiger partial charge on any atom is -0.309 e. The van der Waals surface area contributed by atoms with Crippen molar-refractivity contribution in [2.75, 3.05) is 9.80 Å². The molecular weight excluding hydrogens is 1330 g/mol. The van der Waals surface area contributed by atoms with Crippen LogP contribution in [0.15, 0.2) is 370 Å². The maximum atomic E-state index is 10.00. The smallest absolute Gasteiger partial charge is 0.0645 e. The Labute approximate surface area is 657 Å². The summed E-state index contributed by atoms with van der Waals surface area (Å²) in [5, 5.41) is 0.0107. The van der Waals surface area contributed by atoms with Gasteiger partial charge in [0.25, 0.3) is 0 Å². The third-order valence-electron chi connectivity index (χ3n) is 23.0. The van der Waals surface area contributed by atoms with Crippen molar-refractivity contribution in [1.82, 2.24) is 4.57 Å². The van der Waals surface area contributed by atoms with Crippen LogP contribution < -0.4 is 9.80 Å². The molecule has 0 saturated heterocycles. The van der Waals surface area contributed by atoms with Crippen molar-refractivity contribution >= 4 is 55.9 Å². The normalized spacial score (nSPS) is 14.7. The van der Waals surface area contributed by atoms with Gasteiger partial charge in [0.15, 0.2) is 0 Å². The first-order valence-electron chi connectivity index (χ1n) is 42.2. The van der Waals surface area contributed by atoms with Crippen molar-refractivity contribution in [3.05, 3.63) is 425 Å². The topological polar surface area (TPSA) is 11.4 Å². The SMILES string of the molecule is [2H]c1c([2H])c([2H])c2c(c1[2H])c1c([2H])c([2H])c([2H])c([2H])c1n2-c1ccc2c(c1)N(c1c(-c3ccccc3)cc(-c3ccccc3)cc1-c1ccccc1)c1cc(C3c4ccccc4Cc4ccccc43)cc3c1C2c1ccc(-c2cc(C(C)(C)C)cc(C(C)(C)C)c2)cc1N3c1c(-c2ccccc2)cc(-c2ccccc2)cc1-c1ccccc1. The molecule has 16 aromatic carbocycles. The van der Waals surface area contributed by atoms with E-state index in [-0.39, 0.29) is 50.6 Å². The van der Waals surface area contributed by atoms with Crippen LogP contribution in [-0.2, 0) is 17.3 Å². The summed E-state index contributed by atoms with van der Waals surface area (Å²) >= 11 is 0. The number of hydrogen-bond donors (Lipinski definition) is 0. The van der Waals surface area contributed by atoms with Gasteiger partial charge in [0.1, 0.15) is 0 Å². The van der Waals surface area contributed by atoms with Gasteiger partial charge in [0.05, 0.1) is 56.1 Å². The van der Waals surface area contributed by atoms with E-state index in [4.69, 9.17) is 0 Å². The lowest BCUT2D eigenvalue weighted by Crippen LogP contribution is -2.31. The van der Waals surface area contributed by atoms with Crippen molar-refractivity contribution < 1.29 is 11.0 Å². The summed E-state index contributed by atoms with van der Waals surface area (Å²) in [5.41, 5.74) is 31.2. The highest BCUT2D eigenvalue weighted by atomic mass is 15.2. The molecule has 3 heteroatoms. The number of rotatable bonds is 11. The monoisotopic (exact) mass is 1420 g/mol. The van der Waals surface area contributed by atoms with E-state index in [1.807, 2.05) is 6.07 Å². The first kappa shape index (κ1) is 58.1. The van der Waals surface area contributed by atoms with Gasteiger partial charge in [-0.1, -0.05) is 345 Å². The maximum absolute atomic E-state index is 10.00. The van der Waals surface area contributed by atoms with Crippen molar-refractivity contribution in [1.29, 1.82) is 0 Å². The molecule has 20 rings (SSSR count). The second-order valence-corrected chi connectivity index (χ2v) is 31.7. The Morgan fingerprint density at radius 3 is 1.07 bits per heavy atom. The molecule has 17 aromatic rings. The van der Waals surface area contributed by atoms with Gasteiger partial charge in [-0.3, -0.25) is 0 Å². The lowest BCUT2D eigenvalue weighted by atomic mass is 9.71. The Morgan fingerprint density at radius 2 is 0.655 bits per heavy atom. The van der Waals surface area contributed by atoms with Gasteiger partial charge in [-0.15, -0.1) is 0 Å². The molecule has 3 aliphatic rings. The number of aromatic nitrogens is 1. The second-order valence-electron chi connectivity index (χ2n) is 31.7. The fourth-order valence-corrected chi connectivity index (χ4v) is 17.7. The lowest BCUT2D eigenvalue weighted by molar-refractivity contribution is 0.569. The summed E-state index contributed by atoms with van der Waals surface area (Å²) in [5.74, 6) is -0.854. The van der Waals surface area contributed by atoms with E-state index in [2.05, 4.69) is 367 Å². The predicted octanol–water partition coefficient (Wildman–Crippen LogP) is 28.9. The third-order valence-corrected chi connectivity index (χ3v) is 23.0. The quantitative estimate of drug-likeness (QED) is 0.128. The molecule has 0 N–H and O–H groups in total. The molecule has 1 aromatic heterocycles. The molecule has 0 saturated carbocycles. The van der Waals surface area contributed by atoms with Crippen molar-refractivity contribution in [2.24, 2.45) is 0 Å². The summed E-state index contributed by atoms with van der Waals surface area (Å²) in [4.78, 5) is 5.13. The summed E-state index contributed by atoms with van der Waals surface area (Å²) in [6, 6.07) is 114. The van der Waals surface area contributed by atoms with Crippen molar-refractivity contribution in [3.8, 4) is 83.6 Å². The Hall–Kier alpha value is -13.1. The van der Waals surface area contributed by atoms with E-state index in [1.165, 1.54) is 33.4 Å². The molecule has 2 aliphatic heterocycles. The zero-order valence-electron chi connectivity index (χ0n) is 70.3. The minimum absolute atomic E-state index is 0.00536. The number of hydrogen-bond acceptors (Lipinski definition) is 2. The van der Waals surface area contributed by atoms with Gasteiger partial charge >= 0.3 is 0 Å². The largest absolute Gasteiger partial charge is 0.309 e. The summed E-state index contributed by atoms with van der Waals surface area (Å²) in [6.07, 6.45) is 0.756. The molecule has 110 heavy (non-hydrogen) atoms. The Morgan fingerprint density at radius 1 is 0.291 bits per heavy atom. The molecule has 0 spiro atoms. The first-order chi connectivity index (χ1) is 57.2. The van der Waals surface area contributed by atoms with Crippen LogP contribution in [0.25, 0.3) is 105 Å². The number of fused-ring (bicyclic) bond motifs is 9. The van der Waals surface area contributed by atoms with Gasteiger partial charge in [-0.2, -0.15) is 0 Å². The fourth-order valence-electron chi connectivity index (χ4n) is 17.7. The first-order valence-corrected chi connectivity index (χ1v) is 38.2. The van der Waals surface area contributed by atoms with E-state index in [0.29, 0.717) is 5.69 Å². The summed E-state index contributed by atoms with van der Waals surface area (Å²) in [7, 11) is 0. The average Bonchev–Trinajstić information content (AvgIpc) is 0.889. The van der Waals surface area contributed by atoms with Gasteiger partial charge in [-0.25, -0.2) is 0 Å². The molecule has 1 unspecified atom stereocenters. The molecule has 0 amide bonds. The van der Waals surface area contributed by atoms with Crippen molar-refractivity contribution in [3.63, 3.8) is 0 Å². The van der Waals surface area contributed by atoms with E-state index >= 15 is 0 Å². The van der Waals surface area contributed by atoms with Gasteiger partial charge in [0, 0.05) is 56.1 Å². The predicted molar refractivity (Wildman–Crippen MR) is 463 cm³/mol. The highest BCUT2D eigenvalue weighted by Gasteiger charge is 2.45. The van der Waals surface area contributed by atoms with E-state index in [9.17, 15) is 11.0 Å². The second kappa shape index (κ2) is 26.4. The van der Waals surface area contributed by atoms with Crippen LogP contribution in [0.3, 0.4) is 0 Å². The third kappa shape index (κ3) is 11.2. The molecule has 1 atom stereocenters. The molecule has 0 bridgehead atoms. The molecule has 0 radical (unpaired) electrons. The lowest BCUT2D eigenvalue weighted by Gasteiger charge is -2.47. The van der Waals surface area contributed by atoms with Crippen LogP contribution in [0.2, 0.25) is 0 Å². The fraction of sp³-hybridized carbons (Fsp3) is 0.103. The number of benzene rings is 16. The zero-order valence-corrected chi connectivity index (χ0v) is 62.3. The molecule has 0 fully saturated rings. The van der Waals surface area contributed by atoms with Crippen LogP contribution in [0.1, 0.15) is 120 Å². The van der Waals surface area contributed by atoms with E-state index < -0.39 is 42.2 Å². The Kier molecular flexibility index (Phi) is 13.9. The Bertz CT molecular complexity index is 6670. The molecule has 526 valence electrons. The van der Waals surface area contributed by atoms with E-state index in [1.54, 1.807) is 4.57 Å². The summed E-state index contributed by atoms with van der Waals surface area (Å²) < 4.78 is 78.3. The minimum atomic E-state index is -0.544. The molecule has 1 aliphatic carbocycles. The zero-order chi connectivity index (χ0) is 80.9. The highest BCUT2D eigenvalue weighted by Crippen LogP contribution is 2.66. The van der Waals surface area contributed by atoms with Crippen LogP contribution >= 0.6 is 0 Å². The molecule has 3 nitrogen and oxygen atoms in total. The van der Waals surface area contributed by atoms with Gasteiger partial charge in [-0.05, 0) is 190 Å². The maximum Gasteiger partial charge on any atom is 0.0645 e.